The number of rotatable bonds is 5. The molecule has 2 aromatic rings. The summed E-state index contributed by atoms with van der Waals surface area (Å²) in [6.45, 7) is 0. The number of carbonyl (C=O) groups excluding carboxylic acids is 1. The van der Waals surface area contributed by atoms with E-state index < -0.39 is 0 Å². The van der Waals surface area contributed by atoms with Gasteiger partial charge in [0.1, 0.15) is 11.5 Å². The van der Waals surface area contributed by atoms with E-state index >= 15 is 0 Å². The van der Waals surface area contributed by atoms with Crippen LogP contribution in [-0.2, 0) is 0 Å². The number of amides is 1. The van der Waals surface area contributed by atoms with Crippen LogP contribution in [0.2, 0.25) is 5.02 Å². The van der Waals surface area contributed by atoms with Gasteiger partial charge in [-0.3, -0.25) is 4.79 Å². The lowest BCUT2D eigenvalue weighted by molar-refractivity contribution is 0.0955. The molecule has 2 aromatic carbocycles. The topological polar surface area (TPSA) is 59.9 Å². The van der Waals surface area contributed by atoms with Gasteiger partial charge in [-0.1, -0.05) is 11.6 Å². The van der Waals surface area contributed by atoms with E-state index in [9.17, 15) is 4.79 Å². The summed E-state index contributed by atoms with van der Waals surface area (Å²) in [5.74, 6) is 0.962. The first-order chi connectivity index (χ1) is 10.6. The van der Waals surface area contributed by atoms with Gasteiger partial charge in [0, 0.05) is 22.2 Å². The van der Waals surface area contributed by atoms with E-state index in [1.165, 1.54) is 6.21 Å². The number of benzene rings is 2. The van der Waals surface area contributed by atoms with Crippen LogP contribution in [0.5, 0.6) is 11.5 Å². The summed E-state index contributed by atoms with van der Waals surface area (Å²) >= 11 is 5.77. The van der Waals surface area contributed by atoms with Gasteiger partial charge >= 0.3 is 0 Å². The van der Waals surface area contributed by atoms with Crippen molar-refractivity contribution in [2.24, 2.45) is 5.10 Å². The predicted octanol–water partition coefficient (Wildman–Crippen LogP) is 3.12. The highest BCUT2D eigenvalue weighted by atomic mass is 35.5. The fourth-order valence-electron chi connectivity index (χ4n) is 1.75. The van der Waals surface area contributed by atoms with E-state index in [1.807, 2.05) is 0 Å². The summed E-state index contributed by atoms with van der Waals surface area (Å²) in [6, 6.07) is 11.9. The Bertz CT molecular complexity index is 684. The average Bonchev–Trinajstić information content (AvgIpc) is 2.55. The molecule has 1 N–H and O–H groups in total. The third-order valence-electron chi connectivity index (χ3n) is 2.92. The Hall–Kier alpha value is -2.53. The number of ether oxygens (including phenoxy) is 2. The van der Waals surface area contributed by atoms with Gasteiger partial charge in [0.15, 0.2) is 0 Å². The molecule has 0 saturated carbocycles. The van der Waals surface area contributed by atoms with Crippen LogP contribution >= 0.6 is 11.6 Å². The van der Waals surface area contributed by atoms with E-state index in [4.69, 9.17) is 21.1 Å². The molecule has 0 bridgehead atoms. The molecule has 0 spiro atoms. The van der Waals surface area contributed by atoms with Crippen LogP contribution in [0.3, 0.4) is 0 Å². The first-order valence-corrected chi connectivity index (χ1v) is 6.83. The first-order valence-electron chi connectivity index (χ1n) is 6.45. The molecule has 114 valence electrons. The molecule has 0 aliphatic heterocycles. The molecule has 0 atom stereocenters. The largest absolute Gasteiger partial charge is 0.497 e. The summed E-state index contributed by atoms with van der Waals surface area (Å²) < 4.78 is 10.4. The molecule has 0 saturated heterocycles. The second-order valence-electron chi connectivity index (χ2n) is 4.31. The second-order valence-corrected chi connectivity index (χ2v) is 4.75. The maximum atomic E-state index is 11.9. The number of halogens is 1. The van der Waals surface area contributed by atoms with Gasteiger partial charge in [0.2, 0.25) is 0 Å². The van der Waals surface area contributed by atoms with Crippen LogP contribution in [0.25, 0.3) is 0 Å². The van der Waals surface area contributed by atoms with Gasteiger partial charge in [0.25, 0.3) is 5.91 Å². The lowest BCUT2D eigenvalue weighted by Crippen LogP contribution is -2.17. The smallest absolute Gasteiger partial charge is 0.271 e. The standard InChI is InChI=1S/C16H15ClN2O3/c1-21-14-8-5-12(15(9-14)22-2)10-18-19-16(20)11-3-6-13(17)7-4-11/h3-10H,1-2H3,(H,19,20)/b18-10-. The van der Waals surface area contributed by atoms with Gasteiger partial charge in [-0.05, 0) is 36.4 Å². The zero-order chi connectivity index (χ0) is 15.9. The van der Waals surface area contributed by atoms with Crippen molar-refractivity contribution in [1.29, 1.82) is 0 Å². The highest BCUT2D eigenvalue weighted by Crippen LogP contribution is 2.22. The van der Waals surface area contributed by atoms with E-state index in [0.29, 0.717) is 22.1 Å². The number of hydrogen-bond donors (Lipinski definition) is 1. The lowest BCUT2D eigenvalue weighted by Gasteiger charge is -2.07. The SMILES string of the molecule is COc1ccc(/C=N\NC(=O)c2ccc(Cl)cc2)c(OC)c1. The molecule has 0 aromatic heterocycles. The molecule has 0 aliphatic carbocycles. The molecule has 1 amide bonds. The van der Waals surface area contributed by atoms with Crippen molar-refractivity contribution in [3.8, 4) is 11.5 Å². The third-order valence-corrected chi connectivity index (χ3v) is 3.17. The second kappa shape index (κ2) is 7.47. The molecular formula is C16H15ClN2O3. The molecule has 0 radical (unpaired) electrons. The molecule has 0 heterocycles. The fraction of sp³-hybridized carbons (Fsp3) is 0.125. The zero-order valence-electron chi connectivity index (χ0n) is 12.2. The average molecular weight is 319 g/mol. The summed E-state index contributed by atoms with van der Waals surface area (Å²) in [7, 11) is 3.13. The lowest BCUT2D eigenvalue weighted by atomic mass is 10.2. The number of hydrazone groups is 1. The Morgan fingerprint density at radius 2 is 1.86 bits per heavy atom. The van der Waals surface area contributed by atoms with Crippen molar-refractivity contribution in [3.63, 3.8) is 0 Å². The predicted molar refractivity (Wildman–Crippen MR) is 86.1 cm³/mol. The number of nitrogens with zero attached hydrogens (tertiary/aromatic N) is 1. The summed E-state index contributed by atoms with van der Waals surface area (Å²) in [5.41, 5.74) is 3.64. The minimum atomic E-state index is -0.319. The van der Waals surface area contributed by atoms with Crippen molar-refractivity contribution in [2.75, 3.05) is 14.2 Å². The minimum absolute atomic E-state index is 0.319. The quantitative estimate of drug-likeness (QED) is 0.680. The van der Waals surface area contributed by atoms with Crippen molar-refractivity contribution in [2.45, 2.75) is 0 Å². The number of hydrogen-bond acceptors (Lipinski definition) is 4. The first kappa shape index (κ1) is 15.9. The highest BCUT2D eigenvalue weighted by molar-refractivity contribution is 6.30. The Morgan fingerprint density at radius 3 is 2.50 bits per heavy atom. The third kappa shape index (κ3) is 3.99. The minimum Gasteiger partial charge on any atom is -0.497 e. The Labute approximate surface area is 133 Å². The van der Waals surface area contributed by atoms with Gasteiger partial charge in [-0.2, -0.15) is 5.10 Å². The van der Waals surface area contributed by atoms with Crippen LogP contribution in [0, 0.1) is 0 Å². The molecule has 2 rings (SSSR count). The van der Waals surface area contributed by atoms with Crippen molar-refractivity contribution in [1.82, 2.24) is 5.43 Å². The summed E-state index contributed by atoms with van der Waals surface area (Å²) in [6.07, 6.45) is 1.51. The summed E-state index contributed by atoms with van der Waals surface area (Å²) in [4.78, 5) is 11.9. The van der Waals surface area contributed by atoms with Crippen LogP contribution in [0.1, 0.15) is 15.9 Å². The molecule has 22 heavy (non-hydrogen) atoms. The van der Waals surface area contributed by atoms with Crippen LogP contribution < -0.4 is 14.9 Å². The van der Waals surface area contributed by atoms with E-state index in [-0.39, 0.29) is 5.91 Å². The monoisotopic (exact) mass is 318 g/mol. The number of carbonyl (C=O) groups is 1. The van der Waals surface area contributed by atoms with E-state index in [0.717, 1.165) is 5.56 Å². The molecule has 0 unspecified atom stereocenters. The van der Waals surface area contributed by atoms with Crippen molar-refractivity contribution < 1.29 is 14.3 Å². The van der Waals surface area contributed by atoms with E-state index in [1.54, 1.807) is 56.7 Å². The molecule has 0 fully saturated rings. The molecule has 6 heteroatoms. The maximum Gasteiger partial charge on any atom is 0.271 e. The fourth-order valence-corrected chi connectivity index (χ4v) is 1.88. The van der Waals surface area contributed by atoms with Crippen LogP contribution in [0.15, 0.2) is 47.6 Å². The Morgan fingerprint density at radius 1 is 1.14 bits per heavy atom. The van der Waals surface area contributed by atoms with Gasteiger partial charge < -0.3 is 9.47 Å². The van der Waals surface area contributed by atoms with Crippen molar-refractivity contribution in [3.05, 3.63) is 58.6 Å². The van der Waals surface area contributed by atoms with Gasteiger partial charge in [0.05, 0.1) is 20.4 Å². The number of methoxy groups -OCH3 is 2. The number of nitrogens with one attached hydrogen (secondary N) is 1. The molecular weight excluding hydrogens is 304 g/mol. The Balaban J connectivity index is 2.06. The van der Waals surface area contributed by atoms with E-state index in [2.05, 4.69) is 10.5 Å². The van der Waals surface area contributed by atoms with Gasteiger partial charge in [-0.25, -0.2) is 5.43 Å². The summed E-state index contributed by atoms with van der Waals surface area (Å²) in [5, 5.41) is 4.50. The highest BCUT2D eigenvalue weighted by Gasteiger charge is 2.05. The molecule has 0 aliphatic rings. The Kier molecular flexibility index (Phi) is 5.38. The maximum absolute atomic E-state index is 11.9. The normalized spacial score (nSPS) is 10.5. The van der Waals surface area contributed by atoms with Crippen molar-refractivity contribution >= 4 is 23.7 Å². The van der Waals surface area contributed by atoms with Crippen LogP contribution in [0.4, 0.5) is 0 Å². The molecule has 5 nitrogen and oxygen atoms in total. The van der Waals surface area contributed by atoms with Crippen LogP contribution in [-0.4, -0.2) is 26.3 Å². The zero-order valence-corrected chi connectivity index (χ0v) is 12.9. The van der Waals surface area contributed by atoms with Gasteiger partial charge in [-0.15, -0.1) is 0 Å².